The van der Waals surface area contributed by atoms with E-state index in [1.807, 2.05) is 0 Å². The first-order valence-electron chi connectivity index (χ1n) is 3.33. The van der Waals surface area contributed by atoms with E-state index in [0.29, 0.717) is 0 Å². The summed E-state index contributed by atoms with van der Waals surface area (Å²) in [7, 11) is 1.21. The second-order valence-electron chi connectivity index (χ2n) is 2.15. The lowest BCUT2D eigenvalue weighted by atomic mass is 10.1. The van der Waals surface area contributed by atoms with E-state index >= 15 is 0 Å². The van der Waals surface area contributed by atoms with E-state index in [1.165, 1.54) is 13.2 Å². The van der Waals surface area contributed by atoms with E-state index in [2.05, 4.69) is 16.2 Å². The van der Waals surface area contributed by atoms with Crippen LogP contribution in [0.4, 0.5) is 0 Å². The molecule has 0 aromatic rings. The molecule has 0 aliphatic carbocycles. The van der Waals surface area contributed by atoms with Crippen LogP contribution in [0.2, 0.25) is 0 Å². The van der Waals surface area contributed by atoms with Gasteiger partial charge < -0.3 is 9.84 Å². The van der Waals surface area contributed by atoms with Gasteiger partial charge in [-0.3, -0.25) is 10.1 Å². The molecule has 70 valence electrons. The number of methoxy groups -OCH3 is 1. The quantitative estimate of drug-likeness (QED) is 0.266. The molecule has 5 heteroatoms. The van der Waals surface area contributed by atoms with Crippen molar-refractivity contribution in [2.45, 2.75) is 18.6 Å². The first kappa shape index (κ1) is 11.1. The van der Waals surface area contributed by atoms with Crippen LogP contribution in [0.1, 0.15) is 6.42 Å². The third-order valence-electron chi connectivity index (χ3n) is 1.34. The molecule has 2 N–H and O–H groups in total. The maximum Gasteiger partial charge on any atom is 0.308 e. The molecule has 0 aromatic carbocycles. The van der Waals surface area contributed by atoms with Crippen molar-refractivity contribution in [1.29, 1.82) is 0 Å². The minimum Gasteiger partial charge on any atom is -0.469 e. The number of hydrogen-bond acceptors (Lipinski definition) is 5. The third kappa shape index (κ3) is 3.47. The first-order valence-corrected chi connectivity index (χ1v) is 3.33. The Balaban J connectivity index is 3.91. The van der Waals surface area contributed by atoms with Crippen LogP contribution in [0.3, 0.4) is 0 Å². The van der Waals surface area contributed by atoms with Gasteiger partial charge in [0.2, 0.25) is 0 Å². The Morgan fingerprint density at radius 2 is 2.33 bits per heavy atom. The highest BCUT2D eigenvalue weighted by Crippen LogP contribution is 2.04. The van der Waals surface area contributed by atoms with Crippen molar-refractivity contribution in [3.63, 3.8) is 0 Å². The van der Waals surface area contributed by atoms with Gasteiger partial charge in [-0.15, -0.1) is 6.58 Å². The van der Waals surface area contributed by atoms with Crippen molar-refractivity contribution in [2.24, 2.45) is 0 Å². The fourth-order valence-corrected chi connectivity index (χ4v) is 0.641. The Labute approximate surface area is 70.1 Å². The highest BCUT2D eigenvalue weighted by molar-refractivity contribution is 5.69. The van der Waals surface area contributed by atoms with Crippen LogP contribution < -0.4 is 0 Å². The Hall–Kier alpha value is -0.910. The molecule has 0 unspecified atom stereocenters. The van der Waals surface area contributed by atoms with E-state index in [-0.39, 0.29) is 6.42 Å². The molecule has 0 amide bonds. The molecule has 0 fully saturated rings. The van der Waals surface area contributed by atoms with Crippen molar-refractivity contribution < 1.29 is 24.8 Å². The van der Waals surface area contributed by atoms with Crippen LogP contribution in [0.15, 0.2) is 12.7 Å². The Morgan fingerprint density at radius 1 is 1.75 bits per heavy atom. The summed E-state index contributed by atoms with van der Waals surface area (Å²) >= 11 is 0. The summed E-state index contributed by atoms with van der Waals surface area (Å²) in [5.74, 6) is -0.577. The van der Waals surface area contributed by atoms with Gasteiger partial charge in [-0.25, -0.2) is 4.89 Å². The molecule has 0 radical (unpaired) electrons. The number of rotatable bonds is 5. The fraction of sp³-hybridized carbons (Fsp3) is 0.571. The third-order valence-corrected chi connectivity index (χ3v) is 1.34. The van der Waals surface area contributed by atoms with Gasteiger partial charge in [-0.1, -0.05) is 6.08 Å². The molecule has 5 nitrogen and oxygen atoms in total. The van der Waals surface area contributed by atoms with Crippen LogP contribution in [0.25, 0.3) is 0 Å². The second-order valence-corrected chi connectivity index (χ2v) is 2.15. The highest BCUT2D eigenvalue weighted by atomic mass is 17.1. The summed E-state index contributed by atoms with van der Waals surface area (Å²) in [4.78, 5) is 14.4. The minimum absolute atomic E-state index is 0.242. The molecule has 12 heavy (non-hydrogen) atoms. The summed E-state index contributed by atoms with van der Waals surface area (Å²) in [6, 6.07) is 0. The van der Waals surface area contributed by atoms with Crippen LogP contribution in [0, 0.1) is 0 Å². The van der Waals surface area contributed by atoms with Crippen molar-refractivity contribution >= 4 is 5.97 Å². The number of aliphatic hydroxyl groups is 1. The Morgan fingerprint density at radius 3 is 2.67 bits per heavy atom. The molecule has 0 aromatic heterocycles. The SMILES string of the molecule is C=C[C@H](OO)[C@@H](O)CC(=O)OC. The highest BCUT2D eigenvalue weighted by Gasteiger charge is 2.20. The van der Waals surface area contributed by atoms with Crippen molar-refractivity contribution in [3.8, 4) is 0 Å². The van der Waals surface area contributed by atoms with Crippen molar-refractivity contribution in [3.05, 3.63) is 12.7 Å². The zero-order chi connectivity index (χ0) is 9.56. The molecule has 0 bridgehead atoms. The molecule has 0 aliphatic rings. The van der Waals surface area contributed by atoms with Gasteiger partial charge in [0, 0.05) is 0 Å². The number of aliphatic hydroxyl groups excluding tert-OH is 1. The minimum atomic E-state index is -1.14. The lowest BCUT2D eigenvalue weighted by molar-refractivity contribution is -0.283. The zero-order valence-electron chi connectivity index (χ0n) is 6.77. The molecular formula is C7H12O5. The normalized spacial score (nSPS) is 14.9. The number of carbonyl (C=O) groups is 1. The average Bonchev–Trinajstić information content (AvgIpc) is 2.06. The van der Waals surface area contributed by atoms with Gasteiger partial charge in [0.1, 0.15) is 6.10 Å². The van der Waals surface area contributed by atoms with Crippen LogP contribution in [0.5, 0.6) is 0 Å². The second kappa shape index (κ2) is 5.70. The van der Waals surface area contributed by atoms with Crippen LogP contribution in [-0.2, 0) is 14.4 Å². The van der Waals surface area contributed by atoms with E-state index in [0.717, 1.165) is 0 Å². The number of hydrogen-bond donors (Lipinski definition) is 2. The van der Waals surface area contributed by atoms with E-state index < -0.39 is 18.2 Å². The Kier molecular flexibility index (Phi) is 5.27. The molecule has 0 spiro atoms. The molecule has 0 heterocycles. The summed E-state index contributed by atoms with van der Waals surface area (Å²) < 4.78 is 4.29. The fourth-order valence-electron chi connectivity index (χ4n) is 0.641. The van der Waals surface area contributed by atoms with E-state index in [1.54, 1.807) is 0 Å². The van der Waals surface area contributed by atoms with E-state index in [4.69, 9.17) is 10.4 Å². The zero-order valence-corrected chi connectivity index (χ0v) is 6.77. The summed E-state index contributed by atoms with van der Waals surface area (Å²) in [6.07, 6.45) is -1.16. The maximum atomic E-state index is 10.6. The van der Waals surface area contributed by atoms with Gasteiger partial charge in [-0.2, -0.15) is 0 Å². The van der Waals surface area contributed by atoms with E-state index in [9.17, 15) is 4.79 Å². The molecule has 0 saturated heterocycles. The van der Waals surface area contributed by atoms with Gasteiger partial charge >= 0.3 is 5.97 Å². The average molecular weight is 176 g/mol. The summed E-state index contributed by atoms with van der Waals surface area (Å²) in [5.41, 5.74) is 0. The van der Waals surface area contributed by atoms with Gasteiger partial charge in [-0.05, 0) is 0 Å². The standard InChI is InChI=1S/C7H12O5/c1-3-6(12-10)5(8)4-7(9)11-2/h3,5-6,8,10H,1,4H2,2H3/t5-,6-/m0/s1. The molecule has 0 aliphatic heterocycles. The smallest absolute Gasteiger partial charge is 0.308 e. The van der Waals surface area contributed by atoms with Gasteiger partial charge in [0.15, 0.2) is 0 Å². The van der Waals surface area contributed by atoms with Crippen LogP contribution >= 0.6 is 0 Å². The van der Waals surface area contributed by atoms with Crippen molar-refractivity contribution in [1.82, 2.24) is 0 Å². The number of ether oxygens (including phenoxy) is 1. The number of esters is 1. The summed E-state index contributed by atoms with van der Waals surface area (Å²) in [6.45, 7) is 3.29. The topological polar surface area (TPSA) is 76.0 Å². The molecule has 2 atom stereocenters. The first-order chi connectivity index (χ1) is 5.65. The molecule has 0 saturated carbocycles. The van der Waals surface area contributed by atoms with Gasteiger partial charge in [0.05, 0.1) is 19.6 Å². The Bertz CT molecular complexity index is 156. The lowest BCUT2D eigenvalue weighted by Crippen LogP contribution is -2.28. The monoisotopic (exact) mass is 176 g/mol. The maximum absolute atomic E-state index is 10.6. The number of carbonyl (C=O) groups excluding carboxylic acids is 1. The predicted octanol–water partition coefficient (Wildman–Crippen LogP) is -0.0454. The molecule has 0 rings (SSSR count). The predicted molar refractivity (Wildman–Crippen MR) is 40.3 cm³/mol. The summed E-state index contributed by atoms with van der Waals surface area (Å²) in [5, 5.41) is 17.4. The van der Waals surface area contributed by atoms with Gasteiger partial charge in [0.25, 0.3) is 0 Å². The van der Waals surface area contributed by atoms with Crippen LogP contribution in [-0.4, -0.2) is 35.7 Å². The largest absolute Gasteiger partial charge is 0.469 e. The molecular weight excluding hydrogens is 164 g/mol. The van der Waals surface area contributed by atoms with Crippen molar-refractivity contribution in [2.75, 3.05) is 7.11 Å². The lowest BCUT2D eigenvalue weighted by Gasteiger charge is -2.14.